The minimum atomic E-state index is -4.52. The van der Waals surface area contributed by atoms with Crippen molar-refractivity contribution in [3.8, 4) is 0 Å². The van der Waals surface area contributed by atoms with Crippen molar-refractivity contribution in [2.24, 2.45) is 17.8 Å². The van der Waals surface area contributed by atoms with Crippen molar-refractivity contribution >= 4 is 22.1 Å². The zero-order chi connectivity index (χ0) is 14.5. The summed E-state index contributed by atoms with van der Waals surface area (Å²) in [6.07, 6.45) is 1.71. The van der Waals surface area contributed by atoms with E-state index in [1.165, 1.54) is 0 Å². The van der Waals surface area contributed by atoms with E-state index in [4.69, 9.17) is 4.74 Å². The highest BCUT2D eigenvalue weighted by Crippen LogP contribution is 2.55. The van der Waals surface area contributed by atoms with Gasteiger partial charge in [-0.2, -0.15) is 8.42 Å². The Balaban J connectivity index is 1.72. The molecule has 2 atom stereocenters. The van der Waals surface area contributed by atoms with Crippen molar-refractivity contribution in [3.05, 3.63) is 0 Å². The van der Waals surface area contributed by atoms with Crippen LogP contribution in [0.4, 0.5) is 9.18 Å². The topological polar surface area (TPSA) is 86.7 Å². The first-order valence-electron chi connectivity index (χ1n) is 6.57. The van der Waals surface area contributed by atoms with Gasteiger partial charge in [0.15, 0.2) is 0 Å². The maximum atomic E-state index is 12.1. The standard InChI is InChI=1S/C12H15FO6S/c13-6-20(16,17)19-11(15)18-12-3-7-1-8(4-12)10(14)9(2-7)5-12/h7-9H,1-6H2. The lowest BCUT2D eigenvalue weighted by molar-refractivity contribution is -0.164. The molecule has 0 spiro atoms. The Kier molecular flexibility index (Phi) is 3.04. The van der Waals surface area contributed by atoms with Gasteiger partial charge in [0, 0.05) is 11.8 Å². The first-order chi connectivity index (χ1) is 9.32. The van der Waals surface area contributed by atoms with Crippen molar-refractivity contribution in [2.75, 3.05) is 6.01 Å². The lowest BCUT2D eigenvalue weighted by atomic mass is 9.53. The maximum absolute atomic E-state index is 12.1. The van der Waals surface area contributed by atoms with Crippen LogP contribution < -0.4 is 0 Å². The summed E-state index contributed by atoms with van der Waals surface area (Å²) < 4.78 is 43.1. The molecule has 4 bridgehead atoms. The highest BCUT2D eigenvalue weighted by Gasteiger charge is 2.57. The van der Waals surface area contributed by atoms with Gasteiger partial charge in [-0.1, -0.05) is 0 Å². The third kappa shape index (κ3) is 2.30. The number of alkyl halides is 1. The first-order valence-corrected chi connectivity index (χ1v) is 8.15. The van der Waals surface area contributed by atoms with Gasteiger partial charge < -0.3 is 8.92 Å². The minimum absolute atomic E-state index is 0.105. The molecule has 0 N–H and O–H groups in total. The molecule has 0 saturated heterocycles. The average Bonchev–Trinajstić information content (AvgIpc) is 2.33. The lowest BCUT2D eigenvalue weighted by Gasteiger charge is -2.54. The van der Waals surface area contributed by atoms with Gasteiger partial charge >= 0.3 is 16.3 Å². The van der Waals surface area contributed by atoms with E-state index in [0.29, 0.717) is 25.2 Å². The fraction of sp³-hybridized carbons (Fsp3) is 0.833. The van der Waals surface area contributed by atoms with E-state index in [1.807, 2.05) is 0 Å². The van der Waals surface area contributed by atoms with Crippen molar-refractivity contribution < 1.29 is 31.3 Å². The molecule has 8 heteroatoms. The van der Waals surface area contributed by atoms with E-state index in [9.17, 15) is 22.4 Å². The van der Waals surface area contributed by atoms with Crippen LogP contribution in [-0.4, -0.2) is 32.0 Å². The fourth-order valence-corrected chi connectivity index (χ4v) is 4.41. The summed E-state index contributed by atoms with van der Waals surface area (Å²) in [5.74, 6) is 0.347. The van der Waals surface area contributed by atoms with E-state index >= 15 is 0 Å². The third-order valence-electron chi connectivity index (χ3n) is 4.57. The molecule has 4 aliphatic carbocycles. The highest BCUT2D eigenvalue weighted by atomic mass is 32.2. The monoisotopic (exact) mass is 306 g/mol. The lowest BCUT2D eigenvalue weighted by Crippen LogP contribution is -2.56. The predicted molar refractivity (Wildman–Crippen MR) is 63.8 cm³/mol. The second-order valence-corrected chi connectivity index (χ2v) is 7.53. The molecule has 20 heavy (non-hydrogen) atoms. The summed E-state index contributed by atoms with van der Waals surface area (Å²) in [7, 11) is -4.52. The Labute approximate surface area is 115 Å². The normalized spacial score (nSPS) is 38.9. The molecule has 0 amide bonds. The van der Waals surface area contributed by atoms with E-state index in [2.05, 4.69) is 4.18 Å². The van der Waals surface area contributed by atoms with Gasteiger partial charge in [-0.3, -0.25) is 4.79 Å². The minimum Gasteiger partial charge on any atom is -0.427 e. The van der Waals surface area contributed by atoms with E-state index < -0.39 is 27.9 Å². The van der Waals surface area contributed by atoms with E-state index in [0.717, 1.165) is 12.8 Å². The van der Waals surface area contributed by atoms with Crippen LogP contribution in [0, 0.1) is 17.8 Å². The molecule has 4 fully saturated rings. The summed E-state index contributed by atoms with van der Waals surface area (Å²) in [6, 6.07) is -1.78. The zero-order valence-electron chi connectivity index (χ0n) is 10.7. The number of hydrogen-bond donors (Lipinski definition) is 0. The first kappa shape index (κ1) is 13.8. The quantitative estimate of drug-likeness (QED) is 0.580. The molecule has 0 aromatic rings. The Morgan fingerprint density at radius 1 is 1.25 bits per heavy atom. The number of rotatable bonds is 3. The van der Waals surface area contributed by atoms with Gasteiger partial charge in [0.1, 0.15) is 11.4 Å². The largest absolute Gasteiger partial charge is 0.524 e. The van der Waals surface area contributed by atoms with Crippen LogP contribution in [-0.2, 0) is 23.8 Å². The summed E-state index contributed by atoms with van der Waals surface area (Å²) in [5.41, 5.74) is -0.812. The Hall–Kier alpha value is -1.18. The number of Topliss-reactive ketones (excluding diaryl/α,β-unsaturated/α-hetero) is 1. The van der Waals surface area contributed by atoms with Crippen LogP contribution in [0.3, 0.4) is 0 Å². The SMILES string of the molecule is O=C(OC12CC3CC(C1)C(=O)C(C3)C2)OS(=O)(=O)CF. The highest BCUT2D eigenvalue weighted by molar-refractivity contribution is 7.86. The Morgan fingerprint density at radius 3 is 2.40 bits per heavy atom. The molecule has 0 aliphatic heterocycles. The molecule has 4 aliphatic rings. The van der Waals surface area contributed by atoms with Crippen LogP contribution in [0.15, 0.2) is 0 Å². The molecular formula is C12H15FO6S. The van der Waals surface area contributed by atoms with E-state index in [1.54, 1.807) is 0 Å². The van der Waals surface area contributed by atoms with Crippen LogP contribution in [0.25, 0.3) is 0 Å². The van der Waals surface area contributed by atoms with Gasteiger partial charge in [0.25, 0.3) is 0 Å². The number of ketones is 1. The predicted octanol–water partition coefficient (Wildman–Crippen LogP) is 1.54. The number of carbonyl (C=O) groups excluding carboxylic acids is 2. The van der Waals surface area contributed by atoms with Crippen LogP contribution in [0.2, 0.25) is 0 Å². The summed E-state index contributed by atoms with van der Waals surface area (Å²) >= 11 is 0. The number of hydrogen-bond acceptors (Lipinski definition) is 6. The fourth-order valence-electron chi connectivity index (χ4n) is 4.12. The molecule has 0 aromatic heterocycles. The molecule has 0 radical (unpaired) electrons. The Bertz CT molecular complexity index is 538. The smallest absolute Gasteiger partial charge is 0.427 e. The van der Waals surface area contributed by atoms with Gasteiger partial charge in [-0.25, -0.2) is 9.18 Å². The maximum Gasteiger partial charge on any atom is 0.524 e. The second-order valence-electron chi connectivity index (χ2n) is 6.03. The molecule has 0 heterocycles. The molecular weight excluding hydrogens is 291 g/mol. The van der Waals surface area contributed by atoms with Crippen molar-refractivity contribution in [1.82, 2.24) is 0 Å². The van der Waals surface area contributed by atoms with Gasteiger partial charge in [-0.05, 0) is 38.0 Å². The molecule has 4 saturated carbocycles. The van der Waals surface area contributed by atoms with E-state index in [-0.39, 0.29) is 17.6 Å². The average molecular weight is 306 g/mol. The summed E-state index contributed by atoms with van der Waals surface area (Å²) in [5, 5.41) is 0. The van der Waals surface area contributed by atoms with Gasteiger partial charge in [0.2, 0.25) is 6.01 Å². The van der Waals surface area contributed by atoms with Crippen molar-refractivity contribution in [2.45, 2.75) is 37.7 Å². The molecule has 112 valence electrons. The van der Waals surface area contributed by atoms with Crippen LogP contribution in [0.1, 0.15) is 32.1 Å². The Morgan fingerprint density at radius 2 is 1.85 bits per heavy atom. The second kappa shape index (κ2) is 4.41. The molecule has 6 nitrogen and oxygen atoms in total. The van der Waals surface area contributed by atoms with Gasteiger partial charge in [0.05, 0.1) is 0 Å². The molecule has 0 aromatic carbocycles. The molecule has 2 unspecified atom stereocenters. The van der Waals surface area contributed by atoms with Crippen LogP contribution in [0.5, 0.6) is 0 Å². The third-order valence-corrected chi connectivity index (χ3v) is 5.22. The van der Waals surface area contributed by atoms with Gasteiger partial charge in [-0.15, -0.1) is 0 Å². The zero-order valence-corrected chi connectivity index (χ0v) is 11.5. The summed E-state index contributed by atoms with van der Waals surface area (Å²) in [6.45, 7) is 0. The van der Waals surface area contributed by atoms with Crippen molar-refractivity contribution in [3.63, 3.8) is 0 Å². The number of halogens is 1. The van der Waals surface area contributed by atoms with Crippen molar-refractivity contribution in [1.29, 1.82) is 0 Å². The summed E-state index contributed by atoms with van der Waals surface area (Å²) in [4.78, 5) is 23.5. The molecule has 4 rings (SSSR count). The number of ether oxygens (including phenoxy) is 1. The van der Waals surface area contributed by atoms with Crippen LogP contribution >= 0.6 is 0 Å². The number of carbonyl (C=O) groups is 2.